The molecule has 0 aliphatic carbocycles. The Morgan fingerprint density at radius 1 is 1.14 bits per heavy atom. The van der Waals surface area contributed by atoms with Crippen molar-refractivity contribution >= 4 is 17.1 Å². The predicted octanol–water partition coefficient (Wildman–Crippen LogP) is 4.45. The maximum Gasteiger partial charge on any atom is 0.508 e. The van der Waals surface area contributed by atoms with Crippen LogP contribution in [0.25, 0.3) is 10.9 Å². The van der Waals surface area contributed by atoms with E-state index in [0.717, 1.165) is 19.5 Å². The minimum absolute atomic E-state index is 0.187. The topological polar surface area (TPSA) is 54.6 Å². The number of aromatic amines is 1. The number of hydrogen-bond donors (Lipinski definition) is 1. The molecular weight excluding hydrogens is 352 g/mol. The number of ether oxygens (including phenoxy) is 2. The third-order valence-corrected chi connectivity index (χ3v) is 5.20. The lowest BCUT2D eigenvalue weighted by molar-refractivity contribution is 0.0817. The van der Waals surface area contributed by atoms with Crippen LogP contribution in [0.3, 0.4) is 0 Å². The molecule has 1 unspecified atom stereocenters. The van der Waals surface area contributed by atoms with Crippen molar-refractivity contribution in [3.8, 4) is 0 Å². The van der Waals surface area contributed by atoms with Crippen molar-refractivity contribution in [1.29, 1.82) is 0 Å². The molecule has 1 atom stereocenters. The second-order valence-electron chi connectivity index (χ2n) is 6.86. The fraction of sp³-hybridized carbons (Fsp3) is 0.261. The zero-order valence-corrected chi connectivity index (χ0v) is 15.9. The Balaban J connectivity index is 1.62. The summed E-state index contributed by atoms with van der Waals surface area (Å²) in [6.45, 7) is 1.96. The minimum Gasteiger partial charge on any atom is -0.438 e. The molecule has 5 heteroatoms. The largest absolute Gasteiger partial charge is 0.508 e. The summed E-state index contributed by atoms with van der Waals surface area (Å²) in [6, 6.07) is 19.3. The molecule has 1 aliphatic heterocycles. The molecule has 2 heterocycles. The summed E-state index contributed by atoms with van der Waals surface area (Å²) in [5.74, 6) is 0. The van der Waals surface area contributed by atoms with Gasteiger partial charge in [0.1, 0.15) is 6.61 Å². The quantitative estimate of drug-likeness (QED) is 0.528. The van der Waals surface area contributed by atoms with E-state index in [-0.39, 0.29) is 12.6 Å². The minimum atomic E-state index is -0.659. The summed E-state index contributed by atoms with van der Waals surface area (Å²) >= 11 is 0. The number of nitrogens with zero attached hydrogens (tertiary/aromatic N) is 1. The Morgan fingerprint density at radius 3 is 2.75 bits per heavy atom. The molecule has 5 nitrogen and oxygen atoms in total. The summed E-state index contributed by atoms with van der Waals surface area (Å²) in [7, 11) is 1.31. The molecule has 1 N–H and O–H groups in total. The number of H-pyrrole nitrogens is 1. The number of aromatic nitrogens is 1. The van der Waals surface area contributed by atoms with Crippen molar-refractivity contribution in [2.45, 2.75) is 12.5 Å². The average molecular weight is 376 g/mol. The van der Waals surface area contributed by atoms with Crippen LogP contribution in [-0.2, 0) is 15.9 Å². The number of benzene rings is 2. The van der Waals surface area contributed by atoms with Gasteiger partial charge in [-0.25, -0.2) is 4.79 Å². The van der Waals surface area contributed by atoms with E-state index in [2.05, 4.69) is 75.3 Å². The molecule has 0 radical (unpaired) electrons. The Morgan fingerprint density at radius 2 is 1.93 bits per heavy atom. The van der Waals surface area contributed by atoms with E-state index in [1.165, 1.54) is 34.8 Å². The van der Waals surface area contributed by atoms with E-state index in [1.54, 1.807) is 0 Å². The van der Waals surface area contributed by atoms with Gasteiger partial charge in [-0.3, -0.25) is 4.90 Å². The van der Waals surface area contributed by atoms with Crippen LogP contribution >= 0.6 is 0 Å². The summed E-state index contributed by atoms with van der Waals surface area (Å²) in [4.78, 5) is 17.1. The maximum atomic E-state index is 11.1. The van der Waals surface area contributed by atoms with Crippen LogP contribution in [0.1, 0.15) is 22.9 Å². The van der Waals surface area contributed by atoms with E-state index in [1.807, 2.05) is 6.08 Å². The normalized spacial score (nSPS) is 17.0. The highest BCUT2D eigenvalue weighted by Crippen LogP contribution is 2.39. The maximum absolute atomic E-state index is 11.1. The number of carbonyl (C=O) groups excluding carboxylic acids is 1. The molecule has 4 rings (SSSR count). The van der Waals surface area contributed by atoms with E-state index in [0.29, 0.717) is 0 Å². The van der Waals surface area contributed by atoms with Gasteiger partial charge >= 0.3 is 6.16 Å². The lowest BCUT2D eigenvalue weighted by Gasteiger charge is -2.36. The third-order valence-electron chi connectivity index (χ3n) is 5.20. The zero-order chi connectivity index (χ0) is 19.3. The number of carbonyl (C=O) groups is 1. The average Bonchev–Trinajstić information content (AvgIpc) is 3.12. The van der Waals surface area contributed by atoms with Crippen LogP contribution in [0.5, 0.6) is 0 Å². The van der Waals surface area contributed by atoms with Gasteiger partial charge in [-0.2, -0.15) is 0 Å². The van der Waals surface area contributed by atoms with Gasteiger partial charge in [0, 0.05) is 41.7 Å². The first-order chi connectivity index (χ1) is 13.8. The molecule has 0 fully saturated rings. The molecule has 144 valence electrons. The van der Waals surface area contributed by atoms with Crippen LogP contribution in [0.4, 0.5) is 4.79 Å². The number of fused-ring (bicyclic) bond motifs is 3. The Labute approximate surface area is 164 Å². The van der Waals surface area contributed by atoms with E-state index in [4.69, 9.17) is 4.74 Å². The van der Waals surface area contributed by atoms with Crippen molar-refractivity contribution in [2.75, 3.05) is 26.8 Å². The first-order valence-corrected chi connectivity index (χ1v) is 9.52. The smallest absolute Gasteiger partial charge is 0.438 e. The molecular formula is C23H24N2O3. The molecule has 1 aromatic heterocycles. The first kappa shape index (κ1) is 18.3. The fourth-order valence-corrected chi connectivity index (χ4v) is 3.96. The van der Waals surface area contributed by atoms with Gasteiger partial charge in [0.15, 0.2) is 0 Å². The molecule has 0 amide bonds. The number of nitrogens with one attached hydrogen (secondary N) is 1. The van der Waals surface area contributed by atoms with Crippen molar-refractivity contribution in [3.05, 3.63) is 83.6 Å². The van der Waals surface area contributed by atoms with Gasteiger partial charge in [-0.05, 0) is 17.7 Å². The monoisotopic (exact) mass is 376 g/mol. The molecule has 0 saturated carbocycles. The SMILES string of the molecule is COC(=O)OC/C=C/CN1CCc2[nH]c3ccccc3c2C1c1ccccc1. The van der Waals surface area contributed by atoms with Crippen LogP contribution in [0.15, 0.2) is 66.7 Å². The van der Waals surface area contributed by atoms with Crippen molar-refractivity contribution < 1.29 is 14.3 Å². The second-order valence-corrected chi connectivity index (χ2v) is 6.86. The molecule has 0 bridgehead atoms. The summed E-state index contributed by atoms with van der Waals surface area (Å²) in [5, 5.41) is 1.29. The molecule has 2 aromatic carbocycles. The van der Waals surface area contributed by atoms with Gasteiger partial charge in [-0.1, -0.05) is 54.6 Å². The van der Waals surface area contributed by atoms with E-state index in [9.17, 15) is 4.79 Å². The number of hydrogen-bond acceptors (Lipinski definition) is 4. The van der Waals surface area contributed by atoms with Crippen molar-refractivity contribution in [2.24, 2.45) is 0 Å². The summed E-state index contributed by atoms with van der Waals surface area (Å²) in [5.41, 5.74) is 5.17. The van der Waals surface area contributed by atoms with Crippen LogP contribution < -0.4 is 0 Å². The highest BCUT2D eigenvalue weighted by Gasteiger charge is 2.31. The van der Waals surface area contributed by atoms with E-state index >= 15 is 0 Å². The number of para-hydroxylation sites is 1. The third kappa shape index (κ3) is 3.66. The second kappa shape index (κ2) is 8.31. The number of rotatable bonds is 5. The van der Waals surface area contributed by atoms with E-state index < -0.39 is 6.16 Å². The number of methoxy groups -OCH3 is 1. The molecule has 0 saturated heterocycles. The summed E-state index contributed by atoms with van der Waals surface area (Å²) < 4.78 is 9.41. The zero-order valence-electron chi connectivity index (χ0n) is 15.9. The Kier molecular flexibility index (Phi) is 5.44. The van der Waals surface area contributed by atoms with Crippen LogP contribution in [-0.4, -0.2) is 42.8 Å². The van der Waals surface area contributed by atoms with Gasteiger partial charge in [0.2, 0.25) is 0 Å². The Hall–Kier alpha value is -3.05. The first-order valence-electron chi connectivity index (χ1n) is 9.52. The van der Waals surface area contributed by atoms with Gasteiger partial charge in [0.05, 0.1) is 13.2 Å². The van der Waals surface area contributed by atoms with Gasteiger partial charge in [0.25, 0.3) is 0 Å². The van der Waals surface area contributed by atoms with Crippen molar-refractivity contribution in [1.82, 2.24) is 9.88 Å². The lowest BCUT2D eigenvalue weighted by atomic mass is 9.90. The van der Waals surface area contributed by atoms with Crippen molar-refractivity contribution in [3.63, 3.8) is 0 Å². The van der Waals surface area contributed by atoms with Crippen LogP contribution in [0.2, 0.25) is 0 Å². The highest BCUT2D eigenvalue weighted by molar-refractivity contribution is 5.86. The predicted molar refractivity (Wildman–Crippen MR) is 109 cm³/mol. The van der Waals surface area contributed by atoms with Gasteiger partial charge in [-0.15, -0.1) is 0 Å². The molecule has 28 heavy (non-hydrogen) atoms. The molecule has 0 spiro atoms. The highest BCUT2D eigenvalue weighted by atomic mass is 16.7. The molecule has 3 aromatic rings. The summed E-state index contributed by atoms with van der Waals surface area (Å²) in [6.07, 6.45) is 4.25. The van der Waals surface area contributed by atoms with Gasteiger partial charge < -0.3 is 14.5 Å². The lowest BCUT2D eigenvalue weighted by Crippen LogP contribution is -2.36. The van der Waals surface area contributed by atoms with Crippen LogP contribution in [0, 0.1) is 0 Å². The molecule has 1 aliphatic rings. The Bertz CT molecular complexity index is 978. The fourth-order valence-electron chi connectivity index (χ4n) is 3.96. The standard InChI is InChI=1S/C23H24N2O3/c1-27-23(26)28-16-8-7-14-25-15-13-20-21(18-11-5-6-12-19(18)24-20)22(25)17-9-3-2-4-10-17/h2-12,22,24H,13-16H2,1H3/b8-7+.